The molecule has 2 rings (SSSR count). The van der Waals surface area contributed by atoms with E-state index in [2.05, 4.69) is 5.32 Å². The molecule has 0 aliphatic carbocycles. The molecule has 0 saturated carbocycles. The first-order valence-corrected chi connectivity index (χ1v) is 6.11. The molecule has 7 heteroatoms. The van der Waals surface area contributed by atoms with Gasteiger partial charge in [-0.25, -0.2) is 4.79 Å². The third kappa shape index (κ3) is 3.28. The summed E-state index contributed by atoms with van der Waals surface area (Å²) in [6.45, 7) is 1.21. The van der Waals surface area contributed by atoms with E-state index in [1.807, 2.05) is 0 Å². The highest BCUT2D eigenvalue weighted by atomic mass is 19.4. The first-order chi connectivity index (χ1) is 8.88. The Morgan fingerprint density at radius 1 is 1.42 bits per heavy atom. The van der Waals surface area contributed by atoms with Gasteiger partial charge in [0.2, 0.25) is 0 Å². The minimum atomic E-state index is -4.64. The van der Waals surface area contributed by atoms with E-state index in [0.29, 0.717) is 6.54 Å². The van der Waals surface area contributed by atoms with Crippen LogP contribution in [0.25, 0.3) is 0 Å². The summed E-state index contributed by atoms with van der Waals surface area (Å²) < 4.78 is 39.4. The molecule has 1 fully saturated rings. The van der Waals surface area contributed by atoms with Crippen LogP contribution in [0.5, 0.6) is 0 Å². The third-order valence-electron chi connectivity index (χ3n) is 3.26. The fraction of sp³-hybridized carbons (Fsp3) is 0.583. The van der Waals surface area contributed by atoms with Crippen molar-refractivity contribution in [3.63, 3.8) is 0 Å². The summed E-state index contributed by atoms with van der Waals surface area (Å²) in [5, 5.41) is 12.0. The molecule has 0 aromatic carbocycles. The number of hydrogen-bond donors (Lipinski definition) is 2. The van der Waals surface area contributed by atoms with E-state index in [0.717, 1.165) is 38.2 Å². The Bertz CT molecular complexity index is 462. The molecule has 1 aliphatic heterocycles. The second kappa shape index (κ2) is 5.24. The fourth-order valence-electron chi connectivity index (χ4n) is 2.34. The zero-order valence-corrected chi connectivity index (χ0v) is 10.2. The van der Waals surface area contributed by atoms with E-state index in [4.69, 9.17) is 5.11 Å². The number of piperidine rings is 1. The van der Waals surface area contributed by atoms with Crippen molar-refractivity contribution in [1.29, 1.82) is 0 Å². The van der Waals surface area contributed by atoms with Gasteiger partial charge in [0.25, 0.3) is 0 Å². The van der Waals surface area contributed by atoms with Gasteiger partial charge < -0.3 is 15.0 Å². The molecule has 2 heterocycles. The highest BCUT2D eigenvalue weighted by Crippen LogP contribution is 2.32. The second-order valence-corrected chi connectivity index (χ2v) is 4.73. The van der Waals surface area contributed by atoms with Crippen LogP contribution in [0.15, 0.2) is 12.4 Å². The van der Waals surface area contributed by atoms with Crippen LogP contribution in [0.2, 0.25) is 0 Å². The molecule has 0 amide bonds. The Morgan fingerprint density at radius 3 is 2.63 bits per heavy atom. The van der Waals surface area contributed by atoms with E-state index >= 15 is 0 Å². The van der Waals surface area contributed by atoms with Crippen molar-refractivity contribution in [3.05, 3.63) is 23.5 Å². The molecule has 4 nitrogen and oxygen atoms in total. The maximum Gasteiger partial charge on any atom is 0.418 e. The van der Waals surface area contributed by atoms with Gasteiger partial charge in [-0.05, 0) is 19.4 Å². The van der Waals surface area contributed by atoms with Gasteiger partial charge >= 0.3 is 12.1 Å². The lowest BCUT2D eigenvalue weighted by Gasteiger charge is -2.23. The lowest BCUT2D eigenvalue weighted by atomic mass is 10.1. The van der Waals surface area contributed by atoms with E-state index in [1.54, 1.807) is 0 Å². The minimum absolute atomic E-state index is 0.101. The number of aromatic nitrogens is 1. The van der Waals surface area contributed by atoms with Crippen LogP contribution in [-0.4, -0.2) is 28.2 Å². The standard InChI is InChI=1S/C12H15F3N2O2/c13-12(14,15)10-7-17(6-9(10)11(18)19)5-8-3-1-2-4-16-8/h6-8,16H,1-5H2,(H,18,19)/t8-/m1/s1. The highest BCUT2D eigenvalue weighted by Gasteiger charge is 2.37. The van der Waals surface area contributed by atoms with Gasteiger partial charge in [0.1, 0.15) is 0 Å². The second-order valence-electron chi connectivity index (χ2n) is 4.73. The first-order valence-electron chi connectivity index (χ1n) is 6.11. The Balaban J connectivity index is 2.20. The molecule has 1 atom stereocenters. The Hall–Kier alpha value is -1.50. The van der Waals surface area contributed by atoms with Crippen molar-refractivity contribution in [2.24, 2.45) is 0 Å². The third-order valence-corrected chi connectivity index (χ3v) is 3.26. The minimum Gasteiger partial charge on any atom is -0.478 e. The van der Waals surface area contributed by atoms with E-state index in [-0.39, 0.29) is 6.04 Å². The van der Waals surface area contributed by atoms with Crippen molar-refractivity contribution < 1.29 is 23.1 Å². The number of aromatic carboxylic acids is 1. The van der Waals surface area contributed by atoms with Crippen LogP contribution in [-0.2, 0) is 12.7 Å². The molecule has 0 spiro atoms. The molecule has 0 bridgehead atoms. The van der Waals surface area contributed by atoms with Crippen molar-refractivity contribution in [2.45, 2.75) is 38.0 Å². The van der Waals surface area contributed by atoms with Crippen LogP contribution < -0.4 is 5.32 Å². The lowest BCUT2D eigenvalue weighted by Crippen LogP contribution is -2.37. The summed E-state index contributed by atoms with van der Waals surface area (Å²) in [6, 6.07) is 0.101. The first kappa shape index (κ1) is 13.9. The van der Waals surface area contributed by atoms with Crippen LogP contribution >= 0.6 is 0 Å². The number of nitrogens with one attached hydrogen (secondary N) is 1. The molecule has 2 N–H and O–H groups in total. The maximum absolute atomic E-state index is 12.7. The maximum atomic E-state index is 12.7. The van der Waals surface area contributed by atoms with Crippen molar-refractivity contribution in [2.75, 3.05) is 6.54 Å². The monoisotopic (exact) mass is 276 g/mol. The van der Waals surface area contributed by atoms with Gasteiger partial charge in [0.15, 0.2) is 0 Å². The SMILES string of the molecule is O=C(O)c1cn(C[C@H]2CCCCN2)cc1C(F)(F)F. The Kier molecular flexibility index (Phi) is 3.84. The smallest absolute Gasteiger partial charge is 0.418 e. The average Bonchev–Trinajstić information content (AvgIpc) is 2.74. The Morgan fingerprint density at radius 2 is 2.16 bits per heavy atom. The fourth-order valence-corrected chi connectivity index (χ4v) is 2.34. The summed E-state index contributed by atoms with van der Waals surface area (Å²) in [5.74, 6) is -1.55. The van der Waals surface area contributed by atoms with Crippen molar-refractivity contribution in [3.8, 4) is 0 Å². The molecule has 1 aromatic rings. The van der Waals surface area contributed by atoms with E-state index in [9.17, 15) is 18.0 Å². The predicted octanol–water partition coefficient (Wildman–Crippen LogP) is 2.35. The topological polar surface area (TPSA) is 54.3 Å². The summed E-state index contributed by atoms with van der Waals surface area (Å²) in [4.78, 5) is 10.8. The molecular weight excluding hydrogens is 261 g/mol. The number of carboxylic acids is 1. The van der Waals surface area contributed by atoms with Crippen LogP contribution in [0, 0.1) is 0 Å². The van der Waals surface area contributed by atoms with Gasteiger partial charge in [0.05, 0.1) is 11.1 Å². The number of rotatable bonds is 3. The number of carbonyl (C=O) groups is 1. The normalized spacial score (nSPS) is 20.5. The molecule has 1 saturated heterocycles. The zero-order chi connectivity index (χ0) is 14.0. The van der Waals surface area contributed by atoms with Gasteiger partial charge in [-0.15, -0.1) is 0 Å². The van der Waals surface area contributed by atoms with Gasteiger partial charge in [-0.2, -0.15) is 13.2 Å². The van der Waals surface area contributed by atoms with E-state index < -0.39 is 23.3 Å². The summed E-state index contributed by atoms with van der Waals surface area (Å²) in [5.41, 5.74) is -1.78. The van der Waals surface area contributed by atoms with Crippen LogP contribution in [0.1, 0.15) is 35.2 Å². The zero-order valence-electron chi connectivity index (χ0n) is 10.2. The molecule has 1 aliphatic rings. The largest absolute Gasteiger partial charge is 0.478 e. The number of nitrogens with zero attached hydrogens (tertiary/aromatic N) is 1. The summed E-state index contributed by atoms with van der Waals surface area (Å²) in [6.07, 6.45) is 0.287. The number of hydrogen-bond acceptors (Lipinski definition) is 2. The van der Waals surface area contributed by atoms with Gasteiger partial charge in [-0.1, -0.05) is 6.42 Å². The number of carboxylic acid groups (broad SMARTS) is 1. The molecule has 1 aromatic heterocycles. The summed E-state index contributed by atoms with van der Waals surface area (Å²) in [7, 11) is 0. The molecule has 0 radical (unpaired) electrons. The average molecular weight is 276 g/mol. The molecular formula is C12H15F3N2O2. The quantitative estimate of drug-likeness (QED) is 0.891. The molecule has 0 unspecified atom stereocenters. The number of halogens is 3. The van der Waals surface area contributed by atoms with Crippen LogP contribution in [0.4, 0.5) is 13.2 Å². The van der Waals surface area contributed by atoms with Crippen molar-refractivity contribution >= 4 is 5.97 Å². The molecule has 106 valence electrons. The number of alkyl halides is 3. The predicted molar refractivity (Wildman–Crippen MR) is 62.0 cm³/mol. The van der Waals surface area contributed by atoms with Gasteiger partial charge in [0, 0.05) is 25.0 Å². The molecule has 19 heavy (non-hydrogen) atoms. The van der Waals surface area contributed by atoms with Gasteiger partial charge in [-0.3, -0.25) is 0 Å². The van der Waals surface area contributed by atoms with Crippen molar-refractivity contribution in [1.82, 2.24) is 9.88 Å². The summed E-state index contributed by atoms with van der Waals surface area (Å²) >= 11 is 0. The van der Waals surface area contributed by atoms with Crippen LogP contribution in [0.3, 0.4) is 0 Å². The lowest BCUT2D eigenvalue weighted by molar-refractivity contribution is -0.138. The van der Waals surface area contributed by atoms with E-state index in [1.165, 1.54) is 4.57 Å². The Labute approximate surface area is 108 Å². The highest BCUT2D eigenvalue weighted by molar-refractivity contribution is 5.89.